The topological polar surface area (TPSA) is 91.8 Å². The zero-order valence-electron chi connectivity index (χ0n) is 17.5. The fourth-order valence-electron chi connectivity index (χ4n) is 4.32. The minimum absolute atomic E-state index is 0.0139. The van der Waals surface area contributed by atoms with Crippen LogP contribution in [0.3, 0.4) is 0 Å². The largest absolute Gasteiger partial charge is 0.508 e. The molecule has 2 fully saturated rings. The molecule has 2 atom stereocenters. The lowest BCUT2D eigenvalue weighted by Crippen LogP contribution is -2.33. The van der Waals surface area contributed by atoms with Crippen LogP contribution in [0.5, 0.6) is 11.5 Å². The number of benzene rings is 2. The molecule has 5 rings (SSSR count). The quantitative estimate of drug-likeness (QED) is 0.588. The number of anilines is 1. The van der Waals surface area contributed by atoms with Crippen LogP contribution in [-0.4, -0.2) is 40.0 Å². The zero-order valence-corrected chi connectivity index (χ0v) is 18.3. The lowest BCUT2D eigenvalue weighted by molar-refractivity contribution is -0.129. The molecule has 1 saturated carbocycles. The summed E-state index contributed by atoms with van der Waals surface area (Å²) in [7, 11) is 1.61. The Morgan fingerprint density at radius 3 is 2.78 bits per heavy atom. The Morgan fingerprint density at radius 2 is 2.03 bits per heavy atom. The summed E-state index contributed by atoms with van der Waals surface area (Å²) in [6.45, 7) is 0. The van der Waals surface area contributed by atoms with Gasteiger partial charge in [-0.05, 0) is 42.7 Å². The minimum atomic E-state index is -0.511. The number of amides is 2. The molecule has 0 spiro atoms. The van der Waals surface area contributed by atoms with Gasteiger partial charge in [0.25, 0.3) is 0 Å². The fraction of sp³-hybridized carbons (Fsp3) is 0.292. The Balaban J connectivity index is 1.40. The number of phenolic OH excluding ortho intramolecular Hbond substituents is 1. The first kappa shape index (κ1) is 20.5. The molecule has 164 valence electrons. The van der Waals surface area contributed by atoms with E-state index in [0.29, 0.717) is 16.6 Å². The maximum Gasteiger partial charge on any atom is 0.232 e. The molecule has 1 aliphatic heterocycles. The molecule has 2 aliphatic rings. The molecule has 2 amide bonds. The number of methoxy groups -OCH3 is 1. The smallest absolute Gasteiger partial charge is 0.232 e. The third-order valence-corrected chi connectivity index (χ3v) is 6.71. The Kier molecular flexibility index (Phi) is 5.30. The van der Waals surface area contributed by atoms with Gasteiger partial charge in [0.2, 0.25) is 11.8 Å². The molecule has 1 aromatic heterocycles. The molecule has 1 aliphatic carbocycles. The average Bonchev–Trinajstić information content (AvgIpc) is 3.42. The number of likely N-dealkylation sites (tertiary alicyclic amines) is 1. The van der Waals surface area contributed by atoms with Gasteiger partial charge in [0.1, 0.15) is 11.5 Å². The lowest BCUT2D eigenvalue weighted by atomic mass is 9.92. The van der Waals surface area contributed by atoms with Gasteiger partial charge in [-0.2, -0.15) is 0 Å². The van der Waals surface area contributed by atoms with Crippen LogP contribution >= 0.6 is 11.3 Å². The monoisotopic (exact) mass is 449 g/mol. The number of carbonyl (C=O) groups is 2. The second kappa shape index (κ2) is 8.27. The molecule has 3 aromatic rings. The molecule has 2 N–H and O–H groups in total. The lowest BCUT2D eigenvalue weighted by Gasteiger charge is -2.28. The number of phenols is 1. The van der Waals surface area contributed by atoms with E-state index in [0.717, 1.165) is 24.0 Å². The molecule has 7 nitrogen and oxygen atoms in total. The van der Waals surface area contributed by atoms with Crippen molar-refractivity contribution >= 4 is 28.3 Å². The number of aromatic hydroxyl groups is 1. The summed E-state index contributed by atoms with van der Waals surface area (Å²) >= 11 is 1.32. The van der Waals surface area contributed by atoms with E-state index < -0.39 is 5.92 Å². The highest BCUT2D eigenvalue weighted by molar-refractivity contribution is 7.14. The van der Waals surface area contributed by atoms with Crippen molar-refractivity contribution in [1.29, 1.82) is 0 Å². The van der Waals surface area contributed by atoms with Crippen LogP contribution in [0.2, 0.25) is 0 Å². The molecule has 0 radical (unpaired) electrons. The summed E-state index contributed by atoms with van der Waals surface area (Å²) in [6.07, 6.45) is 2.12. The molecular weight excluding hydrogens is 426 g/mol. The highest BCUT2D eigenvalue weighted by Gasteiger charge is 2.49. The van der Waals surface area contributed by atoms with Crippen LogP contribution in [0.4, 0.5) is 5.13 Å². The summed E-state index contributed by atoms with van der Waals surface area (Å²) in [5.41, 5.74) is 2.35. The third-order valence-electron chi connectivity index (χ3n) is 5.95. The van der Waals surface area contributed by atoms with Gasteiger partial charge in [-0.15, -0.1) is 11.3 Å². The molecule has 32 heavy (non-hydrogen) atoms. The van der Waals surface area contributed by atoms with E-state index >= 15 is 0 Å². The van der Waals surface area contributed by atoms with Gasteiger partial charge >= 0.3 is 0 Å². The van der Waals surface area contributed by atoms with Gasteiger partial charge in [0, 0.05) is 23.4 Å². The Bertz CT molecular complexity index is 1170. The summed E-state index contributed by atoms with van der Waals surface area (Å²) in [6, 6.07) is 14.3. The van der Waals surface area contributed by atoms with E-state index in [4.69, 9.17) is 4.74 Å². The van der Waals surface area contributed by atoms with Crippen molar-refractivity contribution in [2.24, 2.45) is 5.92 Å². The van der Waals surface area contributed by atoms with Crippen molar-refractivity contribution in [3.8, 4) is 22.8 Å². The summed E-state index contributed by atoms with van der Waals surface area (Å²) < 4.78 is 5.37. The summed E-state index contributed by atoms with van der Waals surface area (Å²) in [5.74, 6) is 0.147. The third kappa shape index (κ3) is 3.93. The van der Waals surface area contributed by atoms with Gasteiger partial charge in [-0.1, -0.05) is 24.3 Å². The molecule has 1 saturated heterocycles. The van der Waals surface area contributed by atoms with Gasteiger partial charge in [-0.3, -0.25) is 9.59 Å². The van der Waals surface area contributed by atoms with Crippen molar-refractivity contribution in [2.75, 3.05) is 12.4 Å². The van der Waals surface area contributed by atoms with Crippen molar-refractivity contribution in [1.82, 2.24) is 9.88 Å². The van der Waals surface area contributed by atoms with Gasteiger partial charge in [0.15, 0.2) is 5.13 Å². The van der Waals surface area contributed by atoms with Crippen LogP contribution in [0.25, 0.3) is 11.3 Å². The van der Waals surface area contributed by atoms with Crippen LogP contribution in [0, 0.1) is 5.92 Å². The Labute approximate surface area is 189 Å². The minimum Gasteiger partial charge on any atom is -0.508 e. The van der Waals surface area contributed by atoms with Crippen molar-refractivity contribution in [3.63, 3.8) is 0 Å². The second-order valence-electron chi connectivity index (χ2n) is 8.14. The first-order valence-electron chi connectivity index (χ1n) is 10.5. The second-order valence-corrected chi connectivity index (χ2v) is 9.00. The normalized spacial score (nSPS) is 20.4. The predicted molar refractivity (Wildman–Crippen MR) is 122 cm³/mol. The van der Waals surface area contributed by atoms with Crippen molar-refractivity contribution in [3.05, 3.63) is 59.5 Å². The number of hydrogen-bond acceptors (Lipinski definition) is 6. The molecule has 2 aromatic carbocycles. The van der Waals surface area contributed by atoms with Crippen LogP contribution < -0.4 is 10.1 Å². The molecule has 0 bridgehead atoms. The highest BCUT2D eigenvalue weighted by atomic mass is 32.1. The Morgan fingerprint density at radius 1 is 1.22 bits per heavy atom. The van der Waals surface area contributed by atoms with E-state index in [-0.39, 0.29) is 36.1 Å². The fourth-order valence-corrected chi connectivity index (χ4v) is 5.04. The summed E-state index contributed by atoms with van der Waals surface area (Å²) in [5, 5.41) is 14.9. The number of rotatable bonds is 6. The zero-order chi connectivity index (χ0) is 22.2. The number of ether oxygens (including phenoxy) is 1. The van der Waals surface area contributed by atoms with Gasteiger partial charge in [0.05, 0.1) is 24.8 Å². The predicted octanol–water partition coefficient (Wildman–Crippen LogP) is 4.22. The van der Waals surface area contributed by atoms with Gasteiger partial charge < -0.3 is 20.1 Å². The molecule has 2 unspecified atom stereocenters. The van der Waals surface area contributed by atoms with Crippen LogP contribution in [0.15, 0.2) is 53.9 Å². The first-order valence-corrected chi connectivity index (χ1v) is 11.4. The maximum absolute atomic E-state index is 13.3. The number of nitrogens with zero attached hydrogens (tertiary/aromatic N) is 2. The number of nitrogens with one attached hydrogen (secondary N) is 1. The van der Waals surface area contributed by atoms with E-state index in [2.05, 4.69) is 10.3 Å². The van der Waals surface area contributed by atoms with Gasteiger partial charge in [-0.25, -0.2) is 4.98 Å². The van der Waals surface area contributed by atoms with E-state index in [1.54, 1.807) is 25.3 Å². The molecule has 2 heterocycles. The number of thiazole rings is 1. The number of aromatic nitrogens is 1. The molecular formula is C24H23N3O4S. The van der Waals surface area contributed by atoms with E-state index in [9.17, 15) is 14.7 Å². The van der Waals surface area contributed by atoms with E-state index in [1.165, 1.54) is 11.3 Å². The average molecular weight is 450 g/mol. The van der Waals surface area contributed by atoms with E-state index in [1.807, 2.05) is 40.6 Å². The van der Waals surface area contributed by atoms with Crippen molar-refractivity contribution in [2.45, 2.75) is 31.3 Å². The van der Waals surface area contributed by atoms with Crippen LogP contribution in [0.1, 0.15) is 30.9 Å². The first-order chi connectivity index (χ1) is 15.5. The number of carbonyl (C=O) groups excluding carboxylic acids is 2. The number of hydrogen-bond donors (Lipinski definition) is 2. The molecule has 8 heteroatoms. The van der Waals surface area contributed by atoms with Crippen LogP contribution in [-0.2, 0) is 9.59 Å². The Hall–Kier alpha value is -3.39. The SMILES string of the molecule is COc1cccc(C2C(C(=O)Nc3nc(-c4cccc(O)c4)cs3)CC(=O)N2C2CC2)c1. The maximum atomic E-state index is 13.3. The standard InChI is InChI=1S/C24H23N3O4S/c1-31-18-7-3-5-15(11-18)22-19(12-21(29)27(22)16-8-9-16)23(30)26-24-25-20(13-32-24)14-4-2-6-17(28)10-14/h2-7,10-11,13,16,19,22,28H,8-9,12H2,1H3,(H,25,26,30). The highest BCUT2D eigenvalue weighted by Crippen LogP contribution is 2.46. The summed E-state index contributed by atoms with van der Waals surface area (Å²) in [4.78, 5) is 32.5. The van der Waals surface area contributed by atoms with Crippen molar-refractivity contribution < 1.29 is 19.4 Å².